The number of ether oxygens (including phenoxy) is 1. The maximum absolute atomic E-state index is 12.3. The van der Waals surface area contributed by atoms with Crippen LogP contribution < -0.4 is 21.1 Å². The van der Waals surface area contributed by atoms with Gasteiger partial charge in [0.25, 0.3) is 0 Å². The van der Waals surface area contributed by atoms with Crippen molar-refractivity contribution in [1.82, 2.24) is 0 Å². The van der Waals surface area contributed by atoms with Crippen LogP contribution in [0, 0.1) is 0 Å². The molecule has 0 saturated heterocycles. The molecule has 3 rings (SSSR count). The molecule has 0 fully saturated rings. The number of hydrogen-bond acceptors (Lipinski definition) is 4. The molecule has 0 bridgehead atoms. The van der Waals surface area contributed by atoms with Gasteiger partial charge in [-0.15, -0.1) is 0 Å². The topological polar surface area (TPSA) is 107 Å². The molecular weight excluding hydrogens is 322 g/mol. The number of rotatable bonds is 5. The lowest BCUT2D eigenvalue weighted by molar-refractivity contribution is -0.115. The number of furan rings is 1. The van der Waals surface area contributed by atoms with Crippen molar-refractivity contribution in [2.75, 3.05) is 17.7 Å². The molecular formula is C18H17N3O4. The molecule has 7 heteroatoms. The predicted octanol–water partition coefficient (Wildman–Crippen LogP) is 3.11. The second-order valence-electron chi connectivity index (χ2n) is 5.42. The number of primary amides is 1. The Morgan fingerprint density at radius 2 is 1.88 bits per heavy atom. The number of methoxy groups -OCH3 is 1. The van der Waals surface area contributed by atoms with Crippen LogP contribution in [0.4, 0.5) is 16.2 Å². The molecule has 0 spiro atoms. The predicted molar refractivity (Wildman–Crippen MR) is 94.7 cm³/mol. The van der Waals surface area contributed by atoms with Crippen molar-refractivity contribution in [1.29, 1.82) is 0 Å². The molecule has 0 saturated carbocycles. The minimum atomic E-state index is -0.663. The lowest BCUT2D eigenvalue weighted by Crippen LogP contribution is -2.19. The highest BCUT2D eigenvalue weighted by Crippen LogP contribution is 2.26. The first kappa shape index (κ1) is 16.4. The smallest absolute Gasteiger partial charge is 0.316 e. The SMILES string of the molecule is COc1ccc2c(CC(=O)Nc3cccc(NC(N)=O)c3)coc2c1. The van der Waals surface area contributed by atoms with Crippen molar-refractivity contribution in [3.8, 4) is 5.75 Å². The van der Waals surface area contributed by atoms with E-state index in [0.29, 0.717) is 22.7 Å². The van der Waals surface area contributed by atoms with Gasteiger partial charge in [0.05, 0.1) is 19.8 Å². The Bertz CT molecular complexity index is 933. The fourth-order valence-electron chi connectivity index (χ4n) is 2.52. The molecule has 0 aliphatic rings. The summed E-state index contributed by atoms with van der Waals surface area (Å²) < 4.78 is 10.6. The Hall–Kier alpha value is -3.48. The molecule has 1 aromatic heterocycles. The highest BCUT2D eigenvalue weighted by atomic mass is 16.5. The van der Waals surface area contributed by atoms with Gasteiger partial charge >= 0.3 is 6.03 Å². The van der Waals surface area contributed by atoms with Gasteiger partial charge in [-0.3, -0.25) is 4.79 Å². The molecule has 0 atom stereocenters. The summed E-state index contributed by atoms with van der Waals surface area (Å²) >= 11 is 0. The number of nitrogens with one attached hydrogen (secondary N) is 2. The number of fused-ring (bicyclic) bond motifs is 1. The van der Waals surface area contributed by atoms with E-state index in [1.54, 1.807) is 43.7 Å². The van der Waals surface area contributed by atoms with Gasteiger partial charge in [0, 0.05) is 28.4 Å². The van der Waals surface area contributed by atoms with E-state index in [1.807, 2.05) is 12.1 Å². The zero-order valence-electron chi connectivity index (χ0n) is 13.5. The standard InChI is InChI=1S/C18H17N3O4/c1-24-14-5-6-15-11(10-25-16(15)9-14)7-17(22)20-12-3-2-4-13(8-12)21-18(19)23/h2-6,8-10H,7H2,1H3,(H,20,22)(H3,19,21,23). The summed E-state index contributed by atoms with van der Waals surface area (Å²) in [5.41, 5.74) is 7.59. The number of benzene rings is 2. The van der Waals surface area contributed by atoms with Gasteiger partial charge in [-0.05, 0) is 30.3 Å². The van der Waals surface area contributed by atoms with Gasteiger partial charge in [0.2, 0.25) is 5.91 Å². The Labute approximate surface area is 143 Å². The highest BCUT2D eigenvalue weighted by Gasteiger charge is 2.12. The lowest BCUT2D eigenvalue weighted by atomic mass is 10.1. The first-order valence-electron chi connectivity index (χ1n) is 7.55. The summed E-state index contributed by atoms with van der Waals surface area (Å²) in [7, 11) is 1.58. The normalized spacial score (nSPS) is 10.4. The van der Waals surface area contributed by atoms with Crippen LogP contribution in [-0.4, -0.2) is 19.0 Å². The summed E-state index contributed by atoms with van der Waals surface area (Å²) in [4.78, 5) is 23.2. The fourth-order valence-corrected chi connectivity index (χ4v) is 2.52. The van der Waals surface area contributed by atoms with Crippen LogP contribution in [0.25, 0.3) is 11.0 Å². The second kappa shape index (κ2) is 6.96. The van der Waals surface area contributed by atoms with E-state index in [9.17, 15) is 9.59 Å². The summed E-state index contributed by atoms with van der Waals surface area (Å²) in [6, 6.07) is 11.5. The Balaban J connectivity index is 1.71. The van der Waals surface area contributed by atoms with E-state index in [1.165, 1.54) is 0 Å². The van der Waals surface area contributed by atoms with Crippen LogP contribution in [0.1, 0.15) is 5.56 Å². The molecule has 0 aliphatic heterocycles. The van der Waals surface area contributed by atoms with E-state index in [-0.39, 0.29) is 12.3 Å². The zero-order valence-corrected chi connectivity index (χ0v) is 13.5. The largest absolute Gasteiger partial charge is 0.497 e. The van der Waals surface area contributed by atoms with E-state index in [4.69, 9.17) is 14.9 Å². The minimum absolute atomic E-state index is 0.160. The average Bonchev–Trinajstić information content (AvgIpc) is 2.96. The summed E-state index contributed by atoms with van der Waals surface area (Å²) in [6.45, 7) is 0. The van der Waals surface area contributed by atoms with Gasteiger partial charge in [-0.25, -0.2) is 4.79 Å². The van der Waals surface area contributed by atoms with Crippen LogP contribution in [0.2, 0.25) is 0 Å². The third-order valence-corrected chi connectivity index (χ3v) is 3.63. The van der Waals surface area contributed by atoms with Crippen LogP contribution in [0.15, 0.2) is 53.1 Å². The van der Waals surface area contributed by atoms with Gasteiger partial charge in [0.1, 0.15) is 11.3 Å². The molecule has 1 heterocycles. The average molecular weight is 339 g/mol. The van der Waals surface area contributed by atoms with E-state index < -0.39 is 6.03 Å². The molecule has 0 aliphatic carbocycles. The van der Waals surface area contributed by atoms with Crippen LogP contribution in [-0.2, 0) is 11.2 Å². The maximum Gasteiger partial charge on any atom is 0.316 e. The van der Waals surface area contributed by atoms with Crippen LogP contribution >= 0.6 is 0 Å². The first-order chi connectivity index (χ1) is 12.0. The summed E-state index contributed by atoms with van der Waals surface area (Å²) in [5.74, 6) is 0.492. The number of amides is 3. The van der Waals surface area contributed by atoms with Crippen LogP contribution in [0.5, 0.6) is 5.75 Å². The molecule has 128 valence electrons. The molecule has 0 radical (unpaired) electrons. The molecule has 3 aromatic rings. The summed E-state index contributed by atoms with van der Waals surface area (Å²) in [5, 5.41) is 6.10. The molecule has 4 N–H and O–H groups in total. The van der Waals surface area contributed by atoms with Crippen LogP contribution in [0.3, 0.4) is 0 Å². The maximum atomic E-state index is 12.3. The highest BCUT2D eigenvalue weighted by molar-refractivity contribution is 5.96. The Kier molecular flexibility index (Phi) is 4.56. The van der Waals surface area contributed by atoms with Crippen molar-refractivity contribution in [3.63, 3.8) is 0 Å². The number of urea groups is 1. The van der Waals surface area contributed by atoms with Crippen molar-refractivity contribution in [3.05, 3.63) is 54.3 Å². The van der Waals surface area contributed by atoms with Gasteiger partial charge in [-0.2, -0.15) is 0 Å². The lowest BCUT2D eigenvalue weighted by Gasteiger charge is -2.07. The van der Waals surface area contributed by atoms with Gasteiger partial charge < -0.3 is 25.5 Å². The number of nitrogens with two attached hydrogens (primary N) is 1. The zero-order chi connectivity index (χ0) is 17.8. The third-order valence-electron chi connectivity index (χ3n) is 3.63. The monoisotopic (exact) mass is 339 g/mol. The molecule has 7 nitrogen and oxygen atoms in total. The fraction of sp³-hybridized carbons (Fsp3) is 0.111. The summed E-state index contributed by atoms with van der Waals surface area (Å²) in [6.07, 6.45) is 1.72. The minimum Gasteiger partial charge on any atom is -0.497 e. The van der Waals surface area contributed by atoms with E-state index >= 15 is 0 Å². The molecule has 0 unspecified atom stereocenters. The number of hydrogen-bond donors (Lipinski definition) is 3. The first-order valence-corrected chi connectivity index (χ1v) is 7.55. The number of anilines is 2. The number of carbonyl (C=O) groups excluding carboxylic acids is 2. The quantitative estimate of drug-likeness (QED) is 0.664. The van der Waals surface area contributed by atoms with Crippen molar-refractivity contribution in [2.24, 2.45) is 5.73 Å². The van der Waals surface area contributed by atoms with Crippen molar-refractivity contribution >= 4 is 34.3 Å². The third kappa shape index (κ3) is 3.89. The molecule has 25 heavy (non-hydrogen) atoms. The second-order valence-corrected chi connectivity index (χ2v) is 5.42. The number of carbonyl (C=O) groups is 2. The van der Waals surface area contributed by atoms with Crippen molar-refractivity contribution in [2.45, 2.75) is 6.42 Å². The van der Waals surface area contributed by atoms with Gasteiger partial charge in [-0.1, -0.05) is 6.07 Å². The molecule has 3 amide bonds. The molecule has 2 aromatic carbocycles. The Morgan fingerprint density at radius 3 is 2.60 bits per heavy atom. The van der Waals surface area contributed by atoms with Gasteiger partial charge in [0.15, 0.2) is 0 Å². The van der Waals surface area contributed by atoms with E-state index in [0.717, 1.165) is 10.9 Å². The Morgan fingerprint density at radius 1 is 1.12 bits per heavy atom. The van der Waals surface area contributed by atoms with Crippen molar-refractivity contribution < 1.29 is 18.7 Å². The van der Waals surface area contributed by atoms with E-state index in [2.05, 4.69) is 10.6 Å².